The minimum atomic E-state index is -4.29. The van der Waals surface area contributed by atoms with Gasteiger partial charge >= 0.3 is 6.18 Å². The molecule has 0 spiro atoms. The van der Waals surface area contributed by atoms with Crippen molar-refractivity contribution in [3.63, 3.8) is 0 Å². The largest absolute Gasteiger partial charge is 0.405 e. The fraction of sp³-hybridized carbons (Fsp3) is 0.455. The SMILES string of the molecule is Cc1csc2c(N(CCN)CC(F)(F)F)ncnc12. The number of hydrogen-bond acceptors (Lipinski definition) is 5. The predicted molar refractivity (Wildman–Crippen MR) is 69.5 cm³/mol. The number of anilines is 1. The number of halogens is 3. The molecule has 0 radical (unpaired) electrons. The zero-order chi connectivity index (χ0) is 14.0. The maximum absolute atomic E-state index is 12.6. The molecule has 0 aliphatic heterocycles. The van der Waals surface area contributed by atoms with Crippen LogP contribution in [0.1, 0.15) is 5.56 Å². The standard InChI is InChI=1S/C11H13F3N4S/c1-7-4-19-9-8(7)16-6-17-10(9)18(3-2-15)5-11(12,13)14/h4,6H,2-3,5,15H2,1H3. The van der Waals surface area contributed by atoms with Gasteiger partial charge in [-0.1, -0.05) is 0 Å². The van der Waals surface area contributed by atoms with Crippen molar-refractivity contribution in [3.05, 3.63) is 17.3 Å². The van der Waals surface area contributed by atoms with Crippen LogP contribution >= 0.6 is 11.3 Å². The lowest BCUT2D eigenvalue weighted by molar-refractivity contribution is -0.119. The van der Waals surface area contributed by atoms with Crippen LogP contribution in [0, 0.1) is 6.92 Å². The van der Waals surface area contributed by atoms with Gasteiger partial charge in [-0.05, 0) is 17.9 Å². The van der Waals surface area contributed by atoms with E-state index in [-0.39, 0.29) is 13.1 Å². The summed E-state index contributed by atoms with van der Waals surface area (Å²) in [6.07, 6.45) is -3.00. The van der Waals surface area contributed by atoms with Crippen LogP contribution in [-0.4, -0.2) is 35.8 Å². The first-order valence-corrected chi connectivity index (χ1v) is 6.51. The van der Waals surface area contributed by atoms with E-state index in [9.17, 15) is 13.2 Å². The molecule has 2 rings (SSSR count). The number of nitrogens with zero attached hydrogens (tertiary/aromatic N) is 3. The van der Waals surface area contributed by atoms with Gasteiger partial charge < -0.3 is 10.6 Å². The maximum atomic E-state index is 12.6. The monoisotopic (exact) mass is 290 g/mol. The van der Waals surface area contributed by atoms with Gasteiger partial charge in [0, 0.05) is 13.1 Å². The molecule has 2 aromatic rings. The molecule has 4 nitrogen and oxygen atoms in total. The van der Waals surface area contributed by atoms with Gasteiger partial charge in [-0.3, -0.25) is 0 Å². The van der Waals surface area contributed by atoms with E-state index >= 15 is 0 Å². The van der Waals surface area contributed by atoms with Crippen LogP contribution in [0.2, 0.25) is 0 Å². The van der Waals surface area contributed by atoms with Crippen LogP contribution < -0.4 is 10.6 Å². The summed E-state index contributed by atoms with van der Waals surface area (Å²) >= 11 is 1.35. The van der Waals surface area contributed by atoms with Gasteiger partial charge in [-0.15, -0.1) is 11.3 Å². The van der Waals surface area contributed by atoms with Crippen molar-refractivity contribution in [1.29, 1.82) is 0 Å². The molecule has 104 valence electrons. The number of alkyl halides is 3. The molecule has 0 unspecified atom stereocenters. The summed E-state index contributed by atoms with van der Waals surface area (Å²) in [7, 11) is 0. The Morgan fingerprint density at radius 3 is 2.74 bits per heavy atom. The van der Waals surface area contributed by atoms with E-state index in [4.69, 9.17) is 5.73 Å². The Labute approximate surface area is 112 Å². The molecule has 19 heavy (non-hydrogen) atoms. The van der Waals surface area contributed by atoms with Crippen molar-refractivity contribution >= 4 is 27.4 Å². The highest BCUT2D eigenvalue weighted by molar-refractivity contribution is 7.18. The lowest BCUT2D eigenvalue weighted by Crippen LogP contribution is -2.38. The molecule has 0 fully saturated rings. The zero-order valence-electron chi connectivity index (χ0n) is 10.2. The molecule has 0 saturated heterocycles. The molecule has 8 heteroatoms. The quantitative estimate of drug-likeness (QED) is 0.939. The predicted octanol–water partition coefficient (Wildman–Crippen LogP) is 2.33. The summed E-state index contributed by atoms with van der Waals surface area (Å²) in [4.78, 5) is 9.25. The third-order valence-electron chi connectivity index (χ3n) is 2.58. The number of hydrogen-bond donors (Lipinski definition) is 1. The van der Waals surface area contributed by atoms with E-state index in [0.29, 0.717) is 16.0 Å². The van der Waals surface area contributed by atoms with Crippen LogP contribution in [0.15, 0.2) is 11.7 Å². The topological polar surface area (TPSA) is 55.0 Å². The molecule has 2 N–H and O–H groups in total. The zero-order valence-corrected chi connectivity index (χ0v) is 11.1. The molecule has 0 atom stereocenters. The van der Waals surface area contributed by atoms with Crippen LogP contribution in [-0.2, 0) is 0 Å². The summed E-state index contributed by atoms with van der Waals surface area (Å²) in [6.45, 7) is 1.04. The summed E-state index contributed by atoms with van der Waals surface area (Å²) in [5.74, 6) is 0.297. The summed E-state index contributed by atoms with van der Waals surface area (Å²) in [6, 6.07) is 0. The minimum absolute atomic E-state index is 0.0998. The van der Waals surface area contributed by atoms with Crippen molar-refractivity contribution in [3.8, 4) is 0 Å². The Hall–Kier alpha value is -1.41. The van der Waals surface area contributed by atoms with E-state index < -0.39 is 12.7 Å². The van der Waals surface area contributed by atoms with Gasteiger partial charge in [-0.2, -0.15) is 13.2 Å². The number of aromatic nitrogens is 2. The molecule has 0 bridgehead atoms. The average molecular weight is 290 g/mol. The van der Waals surface area contributed by atoms with Crippen molar-refractivity contribution in [2.75, 3.05) is 24.5 Å². The Kier molecular flexibility index (Phi) is 3.91. The van der Waals surface area contributed by atoms with E-state index in [1.165, 1.54) is 17.7 Å². The molecular formula is C11H13F3N4S. The highest BCUT2D eigenvalue weighted by Crippen LogP contribution is 2.32. The first-order chi connectivity index (χ1) is 8.92. The van der Waals surface area contributed by atoms with Gasteiger partial charge in [0.15, 0.2) is 0 Å². The molecule has 2 aromatic heterocycles. The highest BCUT2D eigenvalue weighted by atomic mass is 32.1. The Morgan fingerprint density at radius 2 is 2.11 bits per heavy atom. The van der Waals surface area contributed by atoms with Gasteiger partial charge in [0.25, 0.3) is 0 Å². The van der Waals surface area contributed by atoms with E-state index in [1.807, 2.05) is 12.3 Å². The van der Waals surface area contributed by atoms with E-state index in [1.54, 1.807) is 0 Å². The van der Waals surface area contributed by atoms with E-state index in [0.717, 1.165) is 10.5 Å². The Morgan fingerprint density at radius 1 is 1.37 bits per heavy atom. The first-order valence-electron chi connectivity index (χ1n) is 5.63. The number of aryl methyl sites for hydroxylation is 1. The molecule has 0 amide bonds. The molecule has 2 heterocycles. The molecule has 0 aliphatic rings. The third-order valence-corrected chi connectivity index (χ3v) is 3.66. The second-order valence-corrected chi connectivity index (χ2v) is 5.00. The molecular weight excluding hydrogens is 277 g/mol. The normalized spacial score (nSPS) is 12.1. The van der Waals surface area contributed by atoms with Gasteiger partial charge in [0.05, 0.1) is 10.2 Å². The lowest BCUT2D eigenvalue weighted by Gasteiger charge is -2.24. The summed E-state index contributed by atoms with van der Waals surface area (Å²) < 4.78 is 38.5. The van der Waals surface area contributed by atoms with Crippen molar-refractivity contribution in [1.82, 2.24) is 9.97 Å². The Balaban J connectivity index is 2.44. The average Bonchev–Trinajstić information content (AvgIpc) is 2.69. The highest BCUT2D eigenvalue weighted by Gasteiger charge is 2.32. The van der Waals surface area contributed by atoms with Crippen LogP contribution in [0.5, 0.6) is 0 Å². The second-order valence-electron chi connectivity index (χ2n) is 4.12. The summed E-state index contributed by atoms with van der Waals surface area (Å²) in [5, 5.41) is 1.86. The third kappa shape index (κ3) is 3.13. The number of thiophene rings is 1. The first kappa shape index (κ1) is 14.0. The maximum Gasteiger partial charge on any atom is 0.405 e. The van der Waals surface area contributed by atoms with Crippen molar-refractivity contribution in [2.45, 2.75) is 13.1 Å². The van der Waals surface area contributed by atoms with Crippen molar-refractivity contribution < 1.29 is 13.2 Å². The molecule has 0 aliphatic carbocycles. The van der Waals surface area contributed by atoms with Crippen LogP contribution in [0.3, 0.4) is 0 Å². The van der Waals surface area contributed by atoms with Crippen LogP contribution in [0.25, 0.3) is 10.2 Å². The Bertz CT molecular complexity index is 567. The number of nitrogens with two attached hydrogens (primary N) is 1. The van der Waals surface area contributed by atoms with Gasteiger partial charge in [0.1, 0.15) is 18.7 Å². The second kappa shape index (κ2) is 5.30. The number of fused-ring (bicyclic) bond motifs is 1. The molecule has 0 saturated carbocycles. The summed E-state index contributed by atoms with van der Waals surface area (Å²) in [5.41, 5.74) is 7.01. The van der Waals surface area contributed by atoms with Crippen molar-refractivity contribution in [2.24, 2.45) is 5.73 Å². The minimum Gasteiger partial charge on any atom is -0.345 e. The van der Waals surface area contributed by atoms with Crippen LogP contribution in [0.4, 0.5) is 19.0 Å². The van der Waals surface area contributed by atoms with Gasteiger partial charge in [-0.25, -0.2) is 9.97 Å². The fourth-order valence-electron chi connectivity index (χ4n) is 1.81. The number of rotatable bonds is 4. The van der Waals surface area contributed by atoms with E-state index in [2.05, 4.69) is 9.97 Å². The fourth-order valence-corrected chi connectivity index (χ4v) is 2.83. The molecule has 0 aromatic carbocycles. The lowest BCUT2D eigenvalue weighted by atomic mass is 10.3. The van der Waals surface area contributed by atoms with Gasteiger partial charge in [0.2, 0.25) is 0 Å². The smallest absolute Gasteiger partial charge is 0.345 e.